The molecule has 3 heteroatoms. The molecular formula is C25H35NO2. The molecular weight excluding hydrogens is 346 g/mol. The summed E-state index contributed by atoms with van der Waals surface area (Å²) < 4.78 is 5.79. The van der Waals surface area contributed by atoms with Gasteiger partial charge in [0.2, 0.25) is 5.91 Å². The second-order valence-corrected chi connectivity index (χ2v) is 6.29. The zero-order valence-electron chi connectivity index (χ0n) is 17.8. The Morgan fingerprint density at radius 1 is 1.00 bits per heavy atom. The monoisotopic (exact) mass is 381 g/mol. The number of rotatable bonds is 9. The van der Waals surface area contributed by atoms with Crippen molar-refractivity contribution in [1.82, 2.24) is 5.32 Å². The van der Waals surface area contributed by atoms with Gasteiger partial charge in [0.1, 0.15) is 5.75 Å². The van der Waals surface area contributed by atoms with Gasteiger partial charge in [0.25, 0.3) is 0 Å². The van der Waals surface area contributed by atoms with Gasteiger partial charge in [0, 0.05) is 6.54 Å². The SMILES string of the molecule is C#C.CC.CCCC(C)COc1ccc(CNC(=O)Cc2ccccc2)cc1. The van der Waals surface area contributed by atoms with Crippen LogP contribution in [0.15, 0.2) is 54.6 Å². The van der Waals surface area contributed by atoms with Crippen molar-refractivity contribution in [1.29, 1.82) is 0 Å². The summed E-state index contributed by atoms with van der Waals surface area (Å²) >= 11 is 0. The average Bonchev–Trinajstić information content (AvgIpc) is 2.75. The van der Waals surface area contributed by atoms with Crippen LogP contribution in [0.3, 0.4) is 0 Å². The molecule has 2 rings (SSSR count). The molecule has 2 aromatic rings. The van der Waals surface area contributed by atoms with Crippen molar-refractivity contribution in [2.75, 3.05) is 6.61 Å². The average molecular weight is 382 g/mol. The molecule has 28 heavy (non-hydrogen) atoms. The van der Waals surface area contributed by atoms with Crippen molar-refractivity contribution in [3.63, 3.8) is 0 Å². The van der Waals surface area contributed by atoms with Gasteiger partial charge in [0.05, 0.1) is 13.0 Å². The first kappa shape index (κ1) is 25.3. The lowest BCUT2D eigenvalue weighted by Crippen LogP contribution is -2.24. The normalized spacial score (nSPS) is 10.4. The third-order valence-corrected chi connectivity index (χ3v) is 3.94. The van der Waals surface area contributed by atoms with E-state index < -0.39 is 0 Å². The minimum atomic E-state index is 0.0370. The fourth-order valence-corrected chi connectivity index (χ4v) is 2.56. The van der Waals surface area contributed by atoms with E-state index in [-0.39, 0.29) is 5.91 Å². The first-order chi connectivity index (χ1) is 13.7. The van der Waals surface area contributed by atoms with Crippen molar-refractivity contribution in [3.05, 3.63) is 65.7 Å². The molecule has 1 N–H and O–H groups in total. The molecule has 3 nitrogen and oxygen atoms in total. The number of amides is 1. The Morgan fingerprint density at radius 3 is 2.18 bits per heavy atom. The second-order valence-electron chi connectivity index (χ2n) is 6.29. The molecule has 0 aliphatic carbocycles. The number of carbonyl (C=O) groups excluding carboxylic acids is 1. The van der Waals surface area contributed by atoms with Gasteiger partial charge in [-0.25, -0.2) is 0 Å². The van der Waals surface area contributed by atoms with Crippen LogP contribution in [0.2, 0.25) is 0 Å². The van der Waals surface area contributed by atoms with E-state index in [1.807, 2.05) is 68.4 Å². The van der Waals surface area contributed by atoms with Gasteiger partial charge in [-0.2, -0.15) is 0 Å². The van der Waals surface area contributed by atoms with E-state index in [2.05, 4.69) is 32.0 Å². The molecule has 0 fully saturated rings. The number of hydrogen-bond donors (Lipinski definition) is 1. The minimum Gasteiger partial charge on any atom is -0.493 e. The molecule has 0 saturated heterocycles. The van der Waals surface area contributed by atoms with E-state index in [0.29, 0.717) is 18.9 Å². The smallest absolute Gasteiger partial charge is 0.224 e. The van der Waals surface area contributed by atoms with Gasteiger partial charge in [-0.1, -0.05) is 76.6 Å². The van der Waals surface area contributed by atoms with Crippen LogP contribution in [0.25, 0.3) is 0 Å². The molecule has 0 spiro atoms. The predicted octanol–water partition coefficient (Wildman–Crippen LogP) is 5.64. The summed E-state index contributed by atoms with van der Waals surface area (Å²) in [7, 11) is 0. The van der Waals surface area contributed by atoms with Gasteiger partial charge in [-0.3, -0.25) is 4.79 Å². The van der Waals surface area contributed by atoms with Gasteiger partial charge in [-0.05, 0) is 35.6 Å². The number of carbonyl (C=O) groups is 1. The Labute approximate surface area is 171 Å². The van der Waals surface area contributed by atoms with Gasteiger partial charge in [0.15, 0.2) is 0 Å². The lowest BCUT2D eigenvalue weighted by Gasteiger charge is -2.12. The van der Waals surface area contributed by atoms with Crippen LogP contribution in [0.4, 0.5) is 0 Å². The first-order valence-corrected chi connectivity index (χ1v) is 10.0. The summed E-state index contributed by atoms with van der Waals surface area (Å²) in [5, 5.41) is 2.95. The van der Waals surface area contributed by atoms with Crippen molar-refractivity contribution in [2.45, 2.75) is 53.5 Å². The molecule has 0 radical (unpaired) electrons. The molecule has 2 aromatic carbocycles. The highest BCUT2D eigenvalue weighted by Gasteiger charge is 2.04. The highest BCUT2D eigenvalue weighted by Crippen LogP contribution is 2.14. The predicted molar refractivity (Wildman–Crippen MR) is 119 cm³/mol. The lowest BCUT2D eigenvalue weighted by atomic mass is 10.1. The molecule has 1 atom stereocenters. The molecule has 152 valence electrons. The quantitative estimate of drug-likeness (QED) is 0.571. The van der Waals surface area contributed by atoms with Gasteiger partial charge >= 0.3 is 0 Å². The number of hydrogen-bond acceptors (Lipinski definition) is 2. The molecule has 0 aliphatic rings. The van der Waals surface area contributed by atoms with Crippen LogP contribution in [0.1, 0.15) is 51.7 Å². The fraction of sp³-hybridized carbons (Fsp3) is 0.400. The van der Waals surface area contributed by atoms with Crippen molar-refractivity contribution >= 4 is 5.91 Å². The highest BCUT2D eigenvalue weighted by atomic mass is 16.5. The van der Waals surface area contributed by atoms with Crippen molar-refractivity contribution in [2.24, 2.45) is 5.92 Å². The maximum atomic E-state index is 12.0. The van der Waals surface area contributed by atoms with Gasteiger partial charge < -0.3 is 10.1 Å². The number of nitrogens with one attached hydrogen (secondary N) is 1. The zero-order valence-corrected chi connectivity index (χ0v) is 17.8. The van der Waals surface area contributed by atoms with E-state index >= 15 is 0 Å². The second kappa shape index (κ2) is 16.4. The van der Waals surface area contributed by atoms with E-state index in [0.717, 1.165) is 23.5 Å². The largest absolute Gasteiger partial charge is 0.493 e. The standard InChI is InChI=1S/C21H27NO2.C2H6.C2H2/c1-3-7-17(2)16-24-20-12-10-19(11-13-20)15-22-21(23)14-18-8-5-4-6-9-18;2*1-2/h4-6,8-13,17H,3,7,14-16H2,1-2H3,(H,22,23);1-2H3;1-2H. The Balaban J connectivity index is 0.00000171. The highest BCUT2D eigenvalue weighted by molar-refractivity contribution is 5.78. The summed E-state index contributed by atoms with van der Waals surface area (Å²) in [5.74, 6) is 1.50. The summed E-state index contributed by atoms with van der Waals surface area (Å²) in [4.78, 5) is 12.0. The minimum absolute atomic E-state index is 0.0370. The molecule has 0 heterocycles. The maximum Gasteiger partial charge on any atom is 0.224 e. The van der Waals surface area contributed by atoms with E-state index in [1.165, 1.54) is 12.8 Å². The van der Waals surface area contributed by atoms with Gasteiger partial charge in [-0.15, -0.1) is 12.8 Å². The molecule has 0 aromatic heterocycles. The van der Waals surface area contributed by atoms with Crippen LogP contribution >= 0.6 is 0 Å². The number of benzene rings is 2. The van der Waals surface area contributed by atoms with E-state index in [4.69, 9.17) is 4.74 Å². The molecule has 0 bridgehead atoms. The maximum absolute atomic E-state index is 12.0. The van der Waals surface area contributed by atoms with Crippen molar-refractivity contribution < 1.29 is 9.53 Å². The number of terminal acetylenes is 1. The summed E-state index contributed by atoms with van der Waals surface area (Å²) in [6.07, 6.45) is 10.8. The fourth-order valence-electron chi connectivity index (χ4n) is 2.56. The third kappa shape index (κ3) is 11.1. The summed E-state index contributed by atoms with van der Waals surface area (Å²) in [6, 6.07) is 17.7. The van der Waals surface area contributed by atoms with E-state index in [1.54, 1.807) is 0 Å². The third-order valence-electron chi connectivity index (χ3n) is 3.94. The Morgan fingerprint density at radius 2 is 1.61 bits per heavy atom. The zero-order chi connectivity index (χ0) is 21.2. The molecule has 0 saturated carbocycles. The number of ether oxygens (including phenoxy) is 1. The Kier molecular flexibility index (Phi) is 14.8. The molecule has 0 aliphatic heterocycles. The van der Waals surface area contributed by atoms with E-state index in [9.17, 15) is 4.79 Å². The van der Waals surface area contributed by atoms with Crippen LogP contribution < -0.4 is 10.1 Å². The van der Waals surface area contributed by atoms with Crippen LogP contribution in [0.5, 0.6) is 5.75 Å². The topological polar surface area (TPSA) is 38.3 Å². The van der Waals surface area contributed by atoms with Crippen LogP contribution in [-0.2, 0) is 17.8 Å². The lowest BCUT2D eigenvalue weighted by molar-refractivity contribution is -0.120. The van der Waals surface area contributed by atoms with Crippen molar-refractivity contribution in [3.8, 4) is 18.6 Å². The summed E-state index contributed by atoms with van der Waals surface area (Å²) in [6.45, 7) is 9.69. The first-order valence-electron chi connectivity index (χ1n) is 10.0. The Bertz CT molecular complexity index is 647. The van der Waals surface area contributed by atoms with Crippen LogP contribution in [0, 0.1) is 18.8 Å². The Hall–Kier alpha value is -2.73. The van der Waals surface area contributed by atoms with Crippen LogP contribution in [-0.4, -0.2) is 12.5 Å². The molecule has 1 unspecified atom stereocenters. The molecule has 1 amide bonds. The summed E-state index contributed by atoms with van der Waals surface area (Å²) in [5.41, 5.74) is 2.10.